The number of benzene rings is 3. The van der Waals surface area contributed by atoms with E-state index in [0.29, 0.717) is 0 Å². The van der Waals surface area contributed by atoms with Crippen molar-refractivity contribution in [2.75, 3.05) is 21.7 Å². The molecule has 0 radical (unpaired) electrons. The van der Waals surface area contributed by atoms with E-state index < -0.39 is 6.98 Å². The van der Waals surface area contributed by atoms with Gasteiger partial charge in [0.05, 0.1) is 45.9 Å². The molecule has 0 amide bonds. The van der Waals surface area contributed by atoms with E-state index in [1.807, 2.05) is 147 Å². The van der Waals surface area contributed by atoms with Crippen LogP contribution in [0.2, 0.25) is 0 Å². The summed E-state index contributed by atoms with van der Waals surface area (Å²) >= 11 is 0. The van der Waals surface area contributed by atoms with Gasteiger partial charge >= 0.3 is 11.6 Å². The van der Waals surface area contributed by atoms with Gasteiger partial charge in [0.1, 0.15) is 42.0 Å². The molecule has 0 spiro atoms. The van der Waals surface area contributed by atoms with Gasteiger partial charge in [0.25, 0.3) is 0 Å². The third-order valence-electron chi connectivity index (χ3n) is 18.2. The van der Waals surface area contributed by atoms with Crippen LogP contribution in [0.25, 0.3) is 74.5 Å². The molecule has 2 aliphatic heterocycles. The molecule has 482 valence electrons. The third kappa shape index (κ3) is 10.5. The Labute approximate surface area is 553 Å². The van der Waals surface area contributed by atoms with Gasteiger partial charge in [-0.3, -0.25) is 35.7 Å². The Morgan fingerprint density at radius 3 is 1.41 bits per heavy atom. The van der Waals surface area contributed by atoms with Crippen molar-refractivity contribution in [1.82, 2.24) is 88.5 Å². The van der Waals surface area contributed by atoms with Gasteiger partial charge in [0.2, 0.25) is 28.9 Å². The molecule has 0 saturated carbocycles. The lowest BCUT2D eigenvalue weighted by Gasteiger charge is -2.29. The maximum atomic E-state index is 7.50. The van der Waals surface area contributed by atoms with E-state index in [-0.39, 0.29) is 12.3 Å². The lowest BCUT2D eigenvalue weighted by molar-refractivity contribution is -0.744. The summed E-state index contributed by atoms with van der Waals surface area (Å²) in [4.78, 5) is 29.5. The zero-order chi connectivity index (χ0) is 68.6. The molecule has 0 saturated heterocycles. The minimum Gasteiger partial charge on any atom is -0.359 e. The van der Waals surface area contributed by atoms with Crippen LogP contribution in [0, 0.1) is 13.8 Å². The fourth-order valence-electron chi connectivity index (χ4n) is 13.2. The Kier molecular flexibility index (Phi) is 14.5. The SMILES string of the molecule is C[C@H]1N(c2ccccc2)C=CN1c1cn2ccnc2n1C.Cc1cccc(C)c1-n1cc[n+](C)c1-c1cn2ccnc2n1C.Cn1c(-c2cn3ccnc3n2C)[n+](C)c2ccccc21.Cn1c(-n2ccc[n+]2C)cn2ccnc12.[2H]C([2H])([2H])N1C=CN(c2cn3ccnc3n2C)[C@H]1C. The highest BCUT2D eigenvalue weighted by atomic mass is 15.4. The Morgan fingerprint density at radius 2 is 0.905 bits per heavy atom. The lowest BCUT2D eigenvalue weighted by Crippen LogP contribution is -2.37. The van der Waals surface area contributed by atoms with E-state index >= 15 is 0 Å². The smallest absolute Gasteiger partial charge is 0.312 e. The molecule has 0 aliphatic carbocycles. The summed E-state index contributed by atoms with van der Waals surface area (Å²) in [5, 5.41) is 0. The van der Waals surface area contributed by atoms with Crippen molar-refractivity contribution in [1.29, 1.82) is 0 Å². The van der Waals surface area contributed by atoms with Crippen LogP contribution in [-0.2, 0) is 63.4 Å². The van der Waals surface area contributed by atoms with Crippen LogP contribution in [0.4, 0.5) is 17.3 Å². The van der Waals surface area contributed by atoms with Crippen molar-refractivity contribution in [2.45, 2.75) is 40.0 Å². The number of para-hydroxylation sites is 4. The van der Waals surface area contributed by atoms with E-state index in [1.165, 1.54) is 44.3 Å². The summed E-state index contributed by atoms with van der Waals surface area (Å²) in [7, 11) is 18.4. The quantitative estimate of drug-likeness (QED) is 0.143. The van der Waals surface area contributed by atoms with Crippen molar-refractivity contribution in [2.24, 2.45) is 63.4 Å². The topological polar surface area (TPSA) is 151 Å². The molecule has 16 aromatic rings. The predicted octanol–water partition coefficient (Wildman–Crippen LogP) is 8.57. The molecule has 15 heterocycles. The summed E-state index contributed by atoms with van der Waals surface area (Å²) in [6.07, 6.45) is 44.9. The highest BCUT2D eigenvalue weighted by Gasteiger charge is 2.30. The Balaban J connectivity index is 0.000000105. The van der Waals surface area contributed by atoms with Crippen LogP contribution in [0.1, 0.15) is 29.1 Å². The summed E-state index contributed by atoms with van der Waals surface area (Å²) in [5.74, 6) is 10.0. The maximum Gasteiger partial charge on any atom is 0.312 e. The summed E-state index contributed by atoms with van der Waals surface area (Å²) in [5.41, 5.74) is 9.69. The number of rotatable bonds is 7. The first-order valence-corrected chi connectivity index (χ1v) is 31.3. The van der Waals surface area contributed by atoms with Crippen LogP contribution >= 0.6 is 0 Å². The van der Waals surface area contributed by atoms with E-state index in [0.717, 1.165) is 63.6 Å². The second kappa shape index (κ2) is 24.2. The largest absolute Gasteiger partial charge is 0.359 e. The number of anilines is 3. The second-order valence-corrected chi connectivity index (χ2v) is 24.0. The van der Waals surface area contributed by atoms with Gasteiger partial charge in [-0.1, -0.05) is 48.5 Å². The average Bonchev–Trinajstić information content (AvgIpc) is 1.63. The Hall–Kier alpha value is -12.0. The monoisotopic (exact) mass is 1270 g/mol. The van der Waals surface area contributed by atoms with Gasteiger partial charge in [-0.25, -0.2) is 38.6 Å². The number of hydrogen-bond acceptors (Lipinski definition) is 9. The van der Waals surface area contributed by atoms with Crippen LogP contribution in [0.5, 0.6) is 0 Å². The lowest BCUT2D eigenvalue weighted by atomic mass is 10.1. The minimum atomic E-state index is -2.13. The summed E-state index contributed by atoms with van der Waals surface area (Å²) in [6.45, 7) is 6.24. The molecular formula is C70H80N25+3. The molecule has 25 heteroatoms. The fourth-order valence-corrected chi connectivity index (χ4v) is 13.2. The first kappa shape index (κ1) is 56.9. The van der Waals surface area contributed by atoms with Crippen molar-refractivity contribution >= 4 is 57.2 Å². The van der Waals surface area contributed by atoms with E-state index in [4.69, 9.17) is 4.11 Å². The molecule has 3 aromatic carbocycles. The fraction of sp³-hybridized carbons (Fsp3) is 0.229. The number of aryl methyl sites for hydroxylation is 11. The molecule has 0 unspecified atom stereocenters. The number of aromatic nitrogens is 21. The minimum absolute atomic E-state index is 0.228. The molecule has 0 bridgehead atoms. The van der Waals surface area contributed by atoms with Crippen LogP contribution < -0.4 is 28.5 Å². The normalized spacial score (nSPS) is 15.1. The van der Waals surface area contributed by atoms with Gasteiger partial charge in [0, 0.05) is 157 Å². The molecule has 13 aromatic heterocycles. The predicted molar refractivity (Wildman–Crippen MR) is 369 cm³/mol. The molecule has 18 rings (SSSR count). The maximum absolute atomic E-state index is 7.50. The molecule has 0 fully saturated rings. The molecule has 95 heavy (non-hydrogen) atoms. The van der Waals surface area contributed by atoms with Crippen LogP contribution in [-0.4, -0.2) is 108 Å². The van der Waals surface area contributed by atoms with Gasteiger partial charge in [-0.2, -0.15) is 4.57 Å². The number of imidazole rings is 12. The first-order valence-electron chi connectivity index (χ1n) is 32.8. The standard InChI is InChI=1S/C18H20N5.C16H17N5.C15H16N5.C11H15N5.C10H12N5/c1-13-6-5-7-14(2)16(13)23-11-10-20(3)17(23)15-12-22-9-8-19-18(22)21(15)4;1-13-20(14-6-4-3-5-7-14)10-11-21(13)15-12-19-9-8-17-16(19)18(15)2;1-17-11-6-4-5-7-12(11)18(2)14(17)13-10-20-9-8-16-15(20)19(13)3;1-9-13(2)6-7-16(9)10-8-15-5-4-12-11(15)14(10)3;1-12-5-3-6-15(12)9-8-14-7-4-11-10(14)13(9)2/h5-12H,1-4H3;3-13H,1-2H3;4-10H,1-3H3;4-9H,1-3H3;3-8H,1-2H3/q+1;;+1;;+1/t;13-;;9-;/m.0.0./s1/i;;;2D3;. The second-order valence-electron chi connectivity index (χ2n) is 24.0. The molecule has 25 nitrogen and oxygen atoms in total. The summed E-state index contributed by atoms with van der Waals surface area (Å²) in [6, 6.07) is 27.3. The van der Waals surface area contributed by atoms with Crippen molar-refractivity contribution in [3.63, 3.8) is 0 Å². The van der Waals surface area contributed by atoms with E-state index in [9.17, 15) is 0 Å². The average molecular weight is 1270 g/mol. The highest BCUT2D eigenvalue weighted by molar-refractivity contribution is 5.75. The Bertz CT molecular complexity index is 5530. The zero-order valence-electron chi connectivity index (χ0n) is 58.6. The molecule has 2 atom stereocenters. The zero-order valence-corrected chi connectivity index (χ0v) is 55.6. The van der Waals surface area contributed by atoms with Gasteiger partial charge in [-0.15, -0.1) is 9.36 Å². The molecule has 2 aliphatic rings. The van der Waals surface area contributed by atoms with E-state index in [2.05, 4.69) is 253 Å². The van der Waals surface area contributed by atoms with Gasteiger partial charge in [-0.05, 0) is 63.1 Å². The summed E-state index contributed by atoms with van der Waals surface area (Å²) < 4.78 is 55.9. The van der Waals surface area contributed by atoms with Crippen LogP contribution in [0.15, 0.2) is 221 Å². The molecule has 0 N–H and O–H groups in total. The Morgan fingerprint density at radius 1 is 0.432 bits per heavy atom. The van der Waals surface area contributed by atoms with Gasteiger partial charge < -0.3 is 28.7 Å². The van der Waals surface area contributed by atoms with Crippen LogP contribution in [0.3, 0.4) is 0 Å². The van der Waals surface area contributed by atoms with Gasteiger partial charge in [0.15, 0.2) is 41.5 Å². The first-order chi connectivity index (χ1) is 47.2. The number of fused-ring (bicyclic) bond motifs is 6. The highest BCUT2D eigenvalue weighted by Crippen LogP contribution is 2.31. The third-order valence-corrected chi connectivity index (χ3v) is 18.2. The molecular weight excluding hydrogens is 1190 g/mol. The van der Waals surface area contributed by atoms with Crippen molar-refractivity contribution < 1.29 is 17.9 Å². The van der Waals surface area contributed by atoms with E-state index in [1.54, 1.807) is 24.8 Å². The number of nitrogens with zero attached hydrogens (tertiary/aromatic N) is 25. The van der Waals surface area contributed by atoms with Crippen molar-refractivity contribution in [3.8, 4) is 34.5 Å². The van der Waals surface area contributed by atoms with Crippen molar-refractivity contribution in [3.05, 3.63) is 233 Å². The number of hydrogen-bond donors (Lipinski definition) is 0.